The molecule has 0 spiro atoms. The van der Waals surface area contributed by atoms with E-state index in [0.717, 1.165) is 33.7 Å². The summed E-state index contributed by atoms with van der Waals surface area (Å²) < 4.78 is 5.49. The Hall–Kier alpha value is -3.85. The van der Waals surface area contributed by atoms with Crippen LogP contribution in [0.25, 0.3) is 55.3 Å². The predicted molar refractivity (Wildman–Crippen MR) is 114 cm³/mol. The second-order valence-electron chi connectivity index (χ2n) is 6.95. The fourth-order valence-electron chi connectivity index (χ4n) is 4.00. The van der Waals surface area contributed by atoms with Gasteiger partial charge in [0, 0.05) is 21.9 Å². The molecule has 28 heavy (non-hydrogen) atoms. The third kappa shape index (κ3) is 2.20. The van der Waals surface area contributed by atoms with Gasteiger partial charge in [-0.25, -0.2) is 4.98 Å². The smallest absolute Gasteiger partial charge is 0.138 e. The highest BCUT2D eigenvalue weighted by molar-refractivity contribution is 6.23. The average molecular weight is 360 g/mol. The molecule has 0 saturated heterocycles. The molecule has 0 saturated carbocycles. The molecule has 132 valence electrons. The Kier molecular flexibility index (Phi) is 3.17. The van der Waals surface area contributed by atoms with Gasteiger partial charge < -0.3 is 9.40 Å². The third-order valence-electron chi connectivity index (χ3n) is 5.34. The first-order chi connectivity index (χ1) is 13.9. The summed E-state index contributed by atoms with van der Waals surface area (Å²) in [7, 11) is 0. The van der Waals surface area contributed by atoms with E-state index in [-0.39, 0.29) is 0 Å². The summed E-state index contributed by atoms with van der Waals surface area (Å²) >= 11 is 0. The lowest BCUT2D eigenvalue weighted by Crippen LogP contribution is -1.81. The van der Waals surface area contributed by atoms with Crippen LogP contribution in [0.3, 0.4) is 0 Å². The molecule has 0 aliphatic carbocycles. The first-order valence-corrected chi connectivity index (χ1v) is 9.32. The zero-order chi connectivity index (χ0) is 18.5. The number of benzene rings is 4. The largest absolute Gasteiger partial charge is 0.464 e. The topological polar surface area (TPSA) is 41.8 Å². The molecule has 6 aromatic rings. The molecule has 4 aromatic carbocycles. The summed E-state index contributed by atoms with van der Waals surface area (Å²) in [6.45, 7) is 0. The summed E-state index contributed by atoms with van der Waals surface area (Å²) in [6.07, 6.45) is 1.69. The van der Waals surface area contributed by atoms with Gasteiger partial charge in [0.25, 0.3) is 0 Å². The minimum absolute atomic E-state index is 0.869. The van der Waals surface area contributed by atoms with Crippen LogP contribution in [0.1, 0.15) is 0 Å². The standard InChI is InChI=1S/C25H16N2O/c1-3-8-20-18(6-1)19-7-2-4-9-21(19)24-23(20)26-25(27-24)17-13-11-16(12-14-17)22-10-5-15-28-22/h1-15H,(H,26,27). The van der Waals surface area contributed by atoms with Gasteiger partial charge in [-0.15, -0.1) is 0 Å². The lowest BCUT2D eigenvalue weighted by atomic mass is 10.0. The summed E-state index contributed by atoms with van der Waals surface area (Å²) in [6, 6.07) is 29.1. The molecule has 1 N–H and O–H groups in total. The first kappa shape index (κ1) is 15.2. The molecule has 3 heteroatoms. The van der Waals surface area contributed by atoms with Gasteiger partial charge in [0.1, 0.15) is 11.6 Å². The Morgan fingerprint density at radius 2 is 1.25 bits per heavy atom. The van der Waals surface area contributed by atoms with Gasteiger partial charge in [0.15, 0.2) is 0 Å². The molecule has 2 heterocycles. The van der Waals surface area contributed by atoms with Gasteiger partial charge in [-0.2, -0.15) is 0 Å². The number of imidazole rings is 1. The van der Waals surface area contributed by atoms with Gasteiger partial charge in [-0.1, -0.05) is 72.8 Å². The zero-order valence-corrected chi connectivity index (χ0v) is 15.0. The molecule has 0 fully saturated rings. The molecule has 0 atom stereocenters. The van der Waals surface area contributed by atoms with E-state index in [1.54, 1.807) is 6.26 Å². The van der Waals surface area contributed by atoms with E-state index in [0.29, 0.717) is 0 Å². The van der Waals surface area contributed by atoms with Gasteiger partial charge in [0.05, 0.1) is 17.3 Å². The Bertz CT molecular complexity index is 1370. The molecular formula is C25H16N2O. The van der Waals surface area contributed by atoms with E-state index < -0.39 is 0 Å². The highest BCUT2D eigenvalue weighted by Crippen LogP contribution is 2.35. The molecule has 2 aromatic heterocycles. The molecule has 0 amide bonds. The van der Waals surface area contributed by atoms with Gasteiger partial charge >= 0.3 is 0 Å². The number of fused-ring (bicyclic) bond motifs is 6. The van der Waals surface area contributed by atoms with Crippen molar-refractivity contribution in [2.24, 2.45) is 0 Å². The van der Waals surface area contributed by atoms with E-state index in [9.17, 15) is 0 Å². The number of H-pyrrole nitrogens is 1. The molecular weight excluding hydrogens is 344 g/mol. The Balaban J connectivity index is 1.59. The molecule has 0 radical (unpaired) electrons. The maximum Gasteiger partial charge on any atom is 0.138 e. The molecule has 0 aliphatic rings. The van der Waals surface area contributed by atoms with Crippen molar-refractivity contribution in [3.8, 4) is 22.7 Å². The van der Waals surface area contributed by atoms with Crippen molar-refractivity contribution in [2.45, 2.75) is 0 Å². The van der Waals surface area contributed by atoms with Gasteiger partial charge in [0.2, 0.25) is 0 Å². The second kappa shape index (κ2) is 5.83. The van der Waals surface area contributed by atoms with Crippen molar-refractivity contribution in [2.75, 3.05) is 0 Å². The van der Waals surface area contributed by atoms with E-state index in [1.165, 1.54) is 21.5 Å². The summed E-state index contributed by atoms with van der Waals surface area (Å²) in [4.78, 5) is 8.54. The fraction of sp³-hybridized carbons (Fsp3) is 0. The van der Waals surface area contributed by atoms with Crippen LogP contribution in [0.4, 0.5) is 0 Å². The minimum Gasteiger partial charge on any atom is -0.464 e. The molecule has 0 unspecified atom stereocenters. The second-order valence-corrected chi connectivity index (χ2v) is 6.95. The number of furan rings is 1. The van der Waals surface area contributed by atoms with E-state index in [1.807, 2.05) is 12.1 Å². The highest BCUT2D eigenvalue weighted by atomic mass is 16.3. The first-order valence-electron chi connectivity index (χ1n) is 9.32. The number of hydrogen-bond acceptors (Lipinski definition) is 2. The van der Waals surface area contributed by atoms with E-state index in [2.05, 4.69) is 77.8 Å². The van der Waals surface area contributed by atoms with E-state index >= 15 is 0 Å². The predicted octanol–water partition coefficient (Wildman–Crippen LogP) is 6.80. The van der Waals surface area contributed by atoms with Crippen LogP contribution in [-0.4, -0.2) is 9.97 Å². The fourth-order valence-corrected chi connectivity index (χ4v) is 4.00. The average Bonchev–Trinajstić information content (AvgIpc) is 3.45. The number of hydrogen-bond donors (Lipinski definition) is 1. The van der Waals surface area contributed by atoms with E-state index in [4.69, 9.17) is 9.40 Å². The minimum atomic E-state index is 0.869. The highest BCUT2D eigenvalue weighted by Gasteiger charge is 2.13. The molecule has 0 bridgehead atoms. The Morgan fingerprint density at radius 1 is 0.607 bits per heavy atom. The molecule has 6 rings (SSSR count). The van der Waals surface area contributed by atoms with Crippen LogP contribution in [0.15, 0.2) is 95.6 Å². The maximum absolute atomic E-state index is 5.49. The van der Waals surface area contributed by atoms with Crippen molar-refractivity contribution < 1.29 is 4.42 Å². The number of aromatic amines is 1. The number of nitrogens with zero attached hydrogens (tertiary/aromatic N) is 1. The zero-order valence-electron chi connectivity index (χ0n) is 15.0. The van der Waals surface area contributed by atoms with Crippen LogP contribution in [0.5, 0.6) is 0 Å². The summed E-state index contributed by atoms with van der Waals surface area (Å²) in [5, 5.41) is 4.85. The monoisotopic (exact) mass is 360 g/mol. The van der Waals surface area contributed by atoms with Crippen LogP contribution in [0.2, 0.25) is 0 Å². The van der Waals surface area contributed by atoms with Crippen LogP contribution >= 0.6 is 0 Å². The van der Waals surface area contributed by atoms with Gasteiger partial charge in [-0.05, 0) is 22.9 Å². The lowest BCUT2D eigenvalue weighted by molar-refractivity contribution is 0.582. The number of nitrogens with one attached hydrogen (secondary N) is 1. The Labute approximate surface area is 161 Å². The van der Waals surface area contributed by atoms with Crippen molar-refractivity contribution in [3.05, 3.63) is 91.2 Å². The van der Waals surface area contributed by atoms with Crippen LogP contribution in [0, 0.1) is 0 Å². The lowest BCUT2D eigenvalue weighted by Gasteiger charge is -2.05. The van der Waals surface area contributed by atoms with Crippen molar-refractivity contribution >= 4 is 32.6 Å². The maximum atomic E-state index is 5.49. The molecule has 0 aliphatic heterocycles. The summed E-state index contributed by atoms with van der Waals surface area (Å²) in [5.74, 6) is 1.75. The van der Waals surface area contributed by atoms with Crippen molar-refractivity contribution in [1.29, 1.82) is 0 Å². The molecule has 3 nitrogen and oxygen atoms in total. The van der Waals surface area contributed by atoms with Crippen LogP contribution in [-0.2, 0) is 0 Å². The quantitative estimate of drug-likeness (QED) is 0.345. The van der Waals surface area contributed by atoms with Crippen LogP contribution < -0.4 is 0 Å². The van der Waals surface area contributed by atoms with Crippen molar-refractivity contribution in [1.82, 2.24) is 9.97 Å². The summed E-state index contributed by atoms with van der Waals surface area (Å²) in [5.41, 5.74) is 4.21. The third-order valence-corrected chi connectivity index (χ3v) is 5.34. The van der Waals surface area contributed by atoms with Crippen molar-refractivity contribution in [3.63, 3.8) is 0 Å². The normalized spacial score (nSPS) is 11.6. The number of rotatable bonds is 2. The SMILES string of the molecule is c1coc(-c2ccc(-c3nc4c5ccccc5c5ccccc5c4[nH]3)cc2)c1. The Morgan fingerprint density at radius 3 is 1.96 bits per heavy atom. The van der Waals surface area contributed by atoms with Gasteiger partial charge in [-0.3, -0.25) is 0 Å². The number of aromatic nitrogens is 2.